The third-order valence-electron chi connectivity index (χ3n) is 4.30. The maximum absolute atomic E-state index is 6.48. The molecule has 0 bridgehead atoms. The lowest BCUT2D eigenvalue weighted by Crippen LogP contribution is -2.36. The molecule has 2 N–H and O–H groups in total. The van der Waals surface area contributed by atoms with Crippen LogP contribution in [0.5, 0.6) is 5.75 Å². The van der Waals surface area contributed by atoms with Gasteiger partial charge in [0.05, 0.1) is 23.8 Å². The molecule has 0 radical (unpaired) electrons. The zero-order valence-corrected chi connectivity index (χ0v) is 17.0. The lowest BCUT2D eigenvalue weighted by Gasteiger charge is -2.28. The van der Waals surface area contributed by atoms with Gasteiger partial charge in [0, 0.05) is 22.4 Å². The van der Waals surface area contributed by atoms with Gasteiger partial charge in [0.1, 0.15) is 11.6 Å². The first kappa shape index (κ1) is 18.1. The summed E-state index contributed by atoms with van der Waals surface area (Å²) in [5.74, 6) is 2.51. The van der Waals surface area contributed by atoms with E-state index in [0.717, 1.165) is 45.3 Å². The molecule has 0 unspecified atom stereocenters. The number of benzene rings is 1. The molecule has 2 heterocycles. The van der Waals surface area contributed by atoms with E-state index >= 15 is 0 Å². The van der Waals surface area contributed by atoms with Crippen LogP contribution in [0, 0.1) is 0 Å². The van der Waals surface area contributed by atoms with Crippen LogP contribution in [-0.4, -0.2) is 24.4 Å². The predicted octanol–water partition coefficient (Wildman–Crippen LogP) is 4.80. The number of anilines is 1. The standard InChI is InChI=1S/C20H18BrClN4O/c1-27-14-9-7-13(8-10-14)24-19-11-18(15-5-3-2-4-6-17(15)22)25-20-16(21)12-23-26(19)20/h3-11,23-24H,2,12H2,1H3. The highest BCUT2D eigenvalue weighted by Gasteiger charge is 2.29. The average Bonchev–Trinajstić information content (AvgIpc) is 2.92. The van der Waals surface area contributed by atoms with E-state index in [9.17, 15) is 0 Å². The van der Waals surface area contributed by atoms with Gasteiger partial charge >= 0.3 is 0 Å². The summed E-state index contributed by atoms with van der Waals surface area (Å²) in [5.41, 5.74) is 5.98. The van der Waals surface area contributed by atoms with Gasteiger partial charge in [-0.3, -0.25) is 0 Å². The second kappa shape index (κ2) is 7.76. The van der Waals surface area contributed by atoms with Gasteiger partial charge in [0.15, 0.2) is 5.82 Å². The zero-order valence-electron chi connectivity index (χ0n) is 14.7. The molecule has 2 aliphatic heterocycles. The quantitative estimate of drug-likeness (QED) is 0.699. The third-order valence-corrected chi connectivity index (χ3v) is 5.27. The normalized spacial score (nSPS) is 19.0. The maximum Gasteiger partial charge on any atom is 0.161 e. The minimum atomic E-state index is 0.677. The lowest BCUT2D eigenvalue weighted by atomic mass is 10.1. The Morgan fingerprint density at radius 2 is 2.00 bits per heavy atom. The van der Waals surface area contributed by atoms with E-state index in [0.29, 0.717) is 11.6 Å². The van der Waals surface area contributed by atoms with E-state index in [1.54, 1.807) is 7.11 Å². The lowest BCUT2D eigenvalue weighted by molar-refractivity contribution is 0.353. The Balaban J connectivity index is 1.72. The Kier molecular flexibility index (Phi) is 5.20. The summed E-state index contributed by atoms with van der Waals surface area (Å²) in [6.07, 6.45) is 10.9. The number of halogens is 2. The van der Waals surface area contributed by atoms with Gasteiger partial charge in [-0.15, -0.1) is 0 Å². The molecule has 0 fully saturated rings. The van der Waals surface area contributed by atoms with Gasteiger partial charge in [-0.2, -0.15) is 0 Å². The Hall–Kier alpha value is -2.28. The fourth-order valence-corrected chi connectivity index (χ4v) is 3.58. The fourth-order valence-electron chi connectivity index (χ4n) is 2.94. The second-order valence-electron chi connectivity index (χ2n) is 6.08. The van der Waals surface area contributed by atoms with Crippen molar-refractivity contribution < 1.29 is 4.74 Å². The minimum Gasteiger partial charge on any atom is -0.497 e. The van der Waals surface area contributed by atoms with Gasteiger partial charge in [-0.25, -0.2) is 15.4 Å². The van der Waals surface area contributed by atoms with E-state index in [4.69, 9.17) is 21.3 Å². The van der Waals surface area contributed by atoms with Gasteiger partial charge in [-0.1, -0.05) is 45.8 Å². The molecule has 0 amide bonds. The summed E-state index contributed by atoms with van der Waals surface area (Å²) >= 11 is 10.1. The number of rotatable bonds is 4. The summed E-state index contributed by atoms with van der Waals surface area (Å²) in [7, 11) is 1.66. The Morgan fingerprint density at radius 3 is 2.78 bits per heavy atom. The average molecular weight is 446 g/mol. The number of aliphatic imine (C=N–C) groups is 1. The van der Waals surface area contributed by atoms with Crippen molar-refractivity contribution in [3.05, 3.63) is 81.4 Å². The molecule has 27 heavy (non-hydrogen) atoms. The van der Waals surface area contributed by atoms with Gasteiger partial charge in [0.25, 0.3) is 0 Å². The number of nitrogens with one attached hydrogen (secondary N) is 2. The highest BCUT2D eigenvalue weighted by atomic mass is 79.9. The van der Waals surface area contributed by atoms with Crippen LogP contribution in [0.15, 0.2) is 86.4 Å². The maximum atomic E-state index is 6.48. The van der Waals surface area contributed by atoms with Gasteiger partial charge < -0.3 is 10.1 Å². The van der Waals surface area contributed by atoms with E-state index in [2.05, 4.69) is 32.7 Å². The smallest absolute Gasteiger partial charge is 0.161 e. The van der Waals surface area contributed by atoms with Crippen molar-refractivity contribution in [3.8, 4) is 5.75 Å². The van der Waals surface area contributed by atoms with Crippen molar-refractivity contribution in [3.63, 3.8) is 0 Å². The molecule has 0 saturated carbocycles. The number of hydrazine groups is 1. The van der Waals surface area contributed by atoms with Crippen molar-refractivity contribution in [2.24, 2.45) is 4.99 Å². The first-order chi connectivity index (χ1) is 13.2. The predicted molar refractivity (Wildman–Crippen MR) is 114 cm³/mol. The molecule has 1 aromatic rings. The van der Waals surface area contributed by atoms with E-state index in [-0.39, 0.29) is 0 Å². The van der Waals surface area contributed by atoms with Crippen LogP contribution >= 0.6 is 27.5 Å². The van der Waals surface area contributed by atoms with Crippen LogP contribution in [-0.2, 0) is 0 Å². The minimum absolute atomic E-state index is 0.677. The molecular formula is C20H18BrClN4O. The number of methoxy groups -OCH3 is 1. The number of fused-ring (bicyclic) bond motifs is 1. The monoisotopic (exact) mass is 444 g/mol. The van der Waals surface area contributed by atoms with E-state index in [1.807, 2.05) is 53.6 Å². The summed E-state index contributed by atoms with van der Waals surface area (Å²) in [5, 5.41) is 6.06. The molecule has 0 aromatic heterocycles. The first-order valence-electron chi connectivity index (χ1n) is 8.52. The van der Waals surface area contributed by atoms with Crippen LogP contribution in [0.1, 0.15) is 6.42 Å². The highest BCUT2D eigenvalue weighted by Crippen LogP contribution is 2.32. The second-order valence-corrected chi connectivity index (χ2v) is 7.45. The van der Waals surface area contributed by atoms with E-state index < -0.39 is 0 Å². The molecule has 0 spiro atoms. The molecule has 138 valence electrons. The molecule has 0 saturated heterocycles. The largest absolute Gasteiger partial charge is 0.497 e. The van der Waals surface area contributed by atoms with Crippen LogP contribution in [0.3, 0.4) is 0 Å². The highest BCUT2D eigenvalue weighted by molar-refractivity contribution is 9.11. The molecule has 1 aliphatic carbocycles. The molecule has 3 aliphatic rings. The summed E-state index contributed by atoms with van der Waals surface area (Å²) < 4.78 is 6.22. The Bertz CT molecular complexity index is 941. The molecule has 5 nitrogen and oxygen atoms in total. The molecule has 7 heteroatoms. The molecule has 4 rings (SSSR count). The zero-order chi connectivity index (χ0) is 18.8. The Labute approximate surface area is 171 Å². The van der Waals surface area contributed by atoms with Crippen LogP contribution < -0.4 is 15.5 Å². The number of allylic oxidation sites excluding steroid dienone is 7. The van der Waals surface area contributed by atoms with E-state index in [1.165, 1.54) is 0 Å². The topological polar surface area (TPSA) is 48.9 Å². The number of hydrogen-bond donors (Lipinski definition) is 2. The molecule has 1 aromatic carbocycles. The van der Waals surface area contributed by atoms with Crippen molar-refractivity contribution in [1.29, 1.82) is 0 Å². The fraction of sp³-hybridized carbons (Fsp3) is 0.150. The van der Waals surface area contributed by atoms with Gasteiger partial charge in [-0.05, 0) is 36.8 Å². The summed E-state index contributed by atoms with van der Waals surface area (Å²) in [6, 6.07) is 7.78. The van der Waals surface area contributed by atoms with Crippen LogP contribution in [0.4, 0.5) is 5.69 Å². The van der Waals surface area contributed by atoms with Crippen LogP contribution in [0.25, 0.3) is 0 Å². The number of ether oxygens (including phenoxy) is 1. The van der Waals surface area contributed by atoms with Gasteiger partial charge in [0.2, 0.25) is 0 Å². The molecule has 0 atom stereocenters. The Morgan fingerprint density at radius 1 is 1.22 bits per heavy atom. The summed E-state index contributed by atoms with van der Waals surface area (Å²) in [4.78, 5) is 4.81. The van der Waals surface area contributed by atoms with Crippen molar-refractivity contribution in [2.75, 3.05) is 19.0 Å². The third kappa shape index (κ3) is 3.74. The van der Waals surface area contributed by atoms with Crippen molar-refractivity contribution >= 4 is 38.9 Å². The SMILES string of the molecule is COc1ccc(NC2=CC(C3=C(Cl)C=CCC=C3)=NC3=C(Br)CNN23)cc1. The van der Waals surface area contributed by atoms with Crippen LogP contribution in [0.2, 0.25) is 0 Å². The van der Waals surface area contributed by atoms with Crippen molar-refractivity contribution in [2.45, 2.75) is 6.42 Å². The first-order valence-corrected chi connectivity index (χ1v) is 9.70. The number of hydrogen-bond acceptors (Lipinski definition) is 5. The molecular weight excluding hydrogens is 428 g/mol. The summed E-state index contributed by atoms with van der Waals surface area (Å²) in [6.45, 7) is 0.677. The van der Waals surface area contributed by atoms with Crippen molar-refractivity contribution in [1.82, 2.24) is 10.4 Å². The number of nitrogens with zero attached hydrogens (tertiary/aromatic N) is 2.